The molecule has 1 amide bonds. The molecule has 0 fully saturated rings. The Morgan fingerprint density at radius 3 is 2.77 bits per heavy atom. The average Bonchev–Trinajstić information content (AvgIpc) is 3.37. The van der Waals surface area contributed by atoms with E-state index in [0.717, 1.165) is 40.7 Å². The van der Waals surface area contributed by atoms with Gasteiger partial charge in [0.05, 0.1) is 11.8 Å². The van der Waals surface area contributed by atoms with E-state index in [2.05, 4.69) is 29.1 Å². The van der Waals surface area contributed by atoms with Crippen LogP contribution in [-0.4, -0.2) is 25.4 Å². The molecule has 0 unspecified atom stereocenters. The number of hydrogen-bond donors (Lipinski definition) is 1. The summed E-state index contributed by atoms with van der Waals surface area (Å²) in [6.45, 7) is 4.24. The minimum absolute atomic E-state index is 0.0988. The molecule has 0 saturated heterocycles. The standard InChI is InChI=1S/C21H21N5O2S2/c1-11(2)16-13-6-4-3-5-12(13)15-17-18(30-19(15)25-16)20(28)26(10-23-17)9-14(27)24-21-22-7-8-29-21/h7-8,10-11H,3-6,9H2,1-2H3,(H,22,24,27). The number of hydrogen-bond acceptors (Lipinski definition) is 7. The van der Waals surface area contributed by atoms with Crippen LogP contribution in [0.25, 0.3) is 20.4 Å². The van der Waals surface area contributed by atoms with Crippen molar-refractivity contribution in [3.63, 3.8) is 0 Å². The summed E-state index contributed by atoms with van der Waals surface area (Å²) in [7, 11) is 0. The third-order valence-electron chi connectivity index (χ3n) is 5.49. The van der Waals surface area contributed by atoms with Gasteiger partial charge in [-0.1, -0.05) is 13.8 Å². The predicted molar refractivity (Wildman–Crippen MR) is 121 cm³/mol. The molecule has 0 atom stereocenters. The van der Waals surface area contributed by atoms with Gasteiger partial charge in [0.25, 0.3) is 5.56 Å². The van der Waals surface area contributed by atoms with Gasteiger partial charge in [-0.2, -0.15) is 0 Å². The molecule has 4 aromatic rings. The fraction of sp³-hybridized carbons (Fsp3) is 0.381. The first-order chi connectivity index (χ1) is 14.5. The van der Waals surface area contributed by atoms with E-state index in [9.17, 15) is 9.59 Å². The summed E-state index contributed by atoms with van der Waals surface area (Å²) in [6.07, 6.45) is 7.46. The van der Waals surface area contributed by atoms with Crippen molar-refractivity contribution in [2.75, 3.05) is 5.32 Å². The highest BCUT2D eigenvalue weighted by Gasteiger charge is 2.24. The second-order valence-electron chi connectivity index (χ2n) is 7.84. The fourth-order valence-electron chi connectivity index (χ4n) is 4.17. The van der Waals surface area contributed by atoms with Gasteiger partial charge in [-0.25, -0.2) is 15.0 Å². The van der Waals surface area contributed by atoms with Crippen LogP contribution in [0.2, 0.25) is 0 Å². The molecule has 0 saturated carbocycles. The number of carbonyl (C=O) groups is 1. The number of aryl methyl sites for hydroxylation is 1. The van der Waals surface area contributed by atoms with Gasteiger partial charge in [-0.05, 0) is 42.7 Å². The number of thiophene rings is 1. The van der Waals surface area contributed by atoms with Crippen molar-refractivity contribution in [3.05, 3.63) is 45.1 Å². The first-order valence-electron chi connectivity index (χ1n) is 10.1. The molecule has 30 heavy (non-hydrogen) atoms. The maximum Gasteiger partial charge on any atom is 0.271 e. The lowest BCUT2D eigenvalue weighted by Crippen LogP contribution is -2.27. The third-order valence-corrected chi connectivity index (χ3v) is 7.24. The molecule has 154 valence electrons. The van der Waals surface area contributed by atoms with Crippen molar-refractivity contribution in [2.45, 2.75) is 52.0 Å². The number of rotatable bonds is 4. The zero-order valence-electron chi connectivity index (χ0n) is 16.8. The van der Waals surface area contributed by atoms with Gasteiger partial charge < -0.3 is 5.32 Å². The van der Waals surface area contributed by atoms with Crippen LogP contribution in [0, 0.1) is 0 Å². The average molecular weight is 440 g/mol. The zero-order chi connectivity index (χ0) is 20.8. The highest BCUT2D eigenvalue weighted by Crippen LogP contribution is 2.39. The quantitative estimate of drug-likeness (QED) is 0.517. The Hall–Kier alpha value is -2.65. The Morgan fingerprint density at radius 1 is 1.23 bits per heavy atom. The number of thiazole rings is 1. The normalized spacial score (nSPS) is 13.8. The first-order valence-corrected chi connectivity index (χ1v) is 11.7. The molecular weight excluding hydrogens is 418 g/mol. The minimum atomic E-state index is -0.299. The van der Waals surface area contributed by atoms with E-state index in [1.54, 1.807) is 11.6 Å². The van der Waals surface area contributed by atoms with Crippen LogP contribution < -0.4 is 10.9 Å². The van der Waals surface area contributed by atoms with Gasteiger partial charge in [0.2, 0.25) is 5.91 Å². The first kappa shape index (κ1) is 19.3. The van der Waals surface area contributed by atoms with Crippen molar-refractivity contribution >= 4 is 54.1 Å². The van der Waals surface area contributed by atoms with E-state index in [0.29, 0.717) is 15.7 Å². The van der Waals surface area contributed by atoms with Gasteiger partial charge in [0, 0.05) is 22.7 Å². The number of nitrogens with zero attached hydrogens (tertiary/aromatic N) is 4. The van der Waals surface area contributed by atoms with Crippen molar-refractivity contribution in [1.29, 1.82) is 0 Å². The Bertz CT molecular complexity index is 1320. The van der Waals surface area contributed by atoms with E-state index in [1.165, 1.54) is 51.1 Å². The van der Waals surface area contributed by atoms with Crippen LogP contribution in [0.15, 0.2) is 22.7 Å². The smallest absolute Gasteiger partial charge is 0.271 e. The van der Waals surface area contributed by atoms with Crippen molar-refractivity contribution < 1.29 is 4.79 Å². The molecule has 1 N–H and O–H groups in total. The molecule has 0 aliphatic heterocycles. The summed E-state index contributed by atoms with van der Waals surface area (Å²) >= 11 is 2.73. The molecule has 9 heteroatoms. The van der Waals surface area contributed by atoms with Crippen LogP contribution in [0.1, 0.15) is 49.4 Å². The Morgan fingerprint density at radius 2 is 2.03 bits per heavy atom. The second-order valence-corrected chi connectivity index (χ2v) is 9.73. The molecule has 1 aliphatic carbocycles. The number of pyridine rings is 1. The molecule has 0 spiro atoms. The highest BCUT2D eigenvalue weighted by atomic mass is 32.1. The van der Waals surface area contributed by atoms with Gasteiger partial charge in [0.15, 0.2) is 5.13 Å². The molecule has 0 radical (unpaired) electrons. The maximum absolute atomic E-state index is 13.1. The number of nitrogens with one attached hydrogen (secondary N) is 1. The highest BCUT2D eigenvalue weighted by molar-refractivity contribution is 7.25. The number of carbonyl (C=O) groups excluding carboxylic acids is 1. The summed E-state index contributed by atoms with van der Waals surface area (Å²) in [5, 5.41) is 6.04. The van der Waals surface area contributed by atoms with E-state index >= 15 is 0 Å². The SMILES string of the molecule is CC(C)c1nc2sc3c(=O)n(CC(=O)Nc4nccs4)cnc3c2c2c1CCCC2. The fourth-order valence-corrected chi connectivity index (χ4v) is 5.83. The van der Waals surface area contributed by atoms with E-state index in [4.69, 9.17) is 4.98 Å². The number of anilines is 1. The van der Waals surface area contributed by atoms with Gasteiger partial charge >= 0.3 is 0 Å². The molecule has 0 bridgehead atoms. The van der Waals surface area contributed by atoms with Gasteiger partial charge in [-0.3, -0.25) is 14.2 Å². The second kappa shape index (κ2) is 7.55. The summed E-state index contributed by atoms with van der Waals surface area (Å²) < 4.78 is 1.92. The van der Waals surface area contributed by atoms with Gasteiger partial charge in [-0.15, -0.1) is 22.7 Å². The van der Waals surface area contributed by atoms with Gasteiger partial charge in [0.1, 0.15) is 16.1 Å². The summed E-state index contributed by atoms with van der Waals surface area (Å²) in [5.74, 6) is 0.0394. The summed E-state index contributed by atoms with van der Waals surface area (Å²) in [6, 6.07) is 0. The summed E-state index contributed by atoms with van der Waals surface area (Å²) in [5.41, 5.74) is 4.32. The zero-order valence-corrected chi connectivity index (χ0v) is 18.4. The van der Waals surface area contributed by atoms with Crippen LogP contribution >= 0.6 is 22.7 Å². The van der Waals surface area contributed by atoms with E-state index in [1.807, 2.05) is 0 Å². The molecular formula is C21H21N5O2S2. The van der Waals surface area contributed by atoms with Crippen LogP contribution in [0.3, 0.4) is 0 Å². The molecule has 0 aromatic carbocycles. The molecule has 4 aromatic heterocycles. The minimum Gasteiger partial charge on any atom is -0.300 e. The topological polar surface area (TPSA) is 89.8 Å². The van der Waals surface area contributed by atoms with Crippen molar-refractivity contribution in [3.8, 4) is 0 Å². The lowest BCUT2D eigenvalue weighted by atomic mass is 9.86. The van der Waals surface area contributed by atoms with Crippen molar-refractivity contribution in [2.24, 2.45) is 0 Å². The Labute approximate surface area is 180 Å². The number of amides is 1. The van der Waals surface area contributed by atoms with E-state index in [-0.39, 0.29) is 18.0 Å². The van der Waals surface area contributed by atoms with Crippen LogP contribution in [0.5, 0.6) is 0 Å². The molecule has 1 aliphatic rings. The van der Waals surface area contributed by atoms with E-state index < -0.39 is 0 Å². The summed E-state index contributed by atoms with van der Waals surface area (Å²) in [4.78, 5) is 39.9. The monoisotopic (exact) mass is 439 g/mol. The predicted octanol–water partition coefficient (Wildman–Crippen LogP) is 4.10. The lowest BCUT2D eigenvalue weighted by Gasteiger charge is -2.21. The van der Waals surface area contributed by atoms with Crippen LogP contribution in [-0.2, 0) is 24.2 Å². The van der Waals surface area contributed by atoms with Crippen LogP contribution in [0.4, 0.5) is 5.13 Å². The lowest BCUT2D eigenvalue weighted by molar-refractivity contribution is -0.116. The largest absolute Gasteiger partial charge is 0.300 e. The molecule has 7 nitrogen and oxygen atoms in total. The number of aromatic nitrogens is 4. The molecule has 5 rings (SSSR count). The Kier molecular flexibility index (Phi) is 4.86. The number of fused-ring (bicyclic) bond motifs is 5. The Balaban J connectivity index is 1.61. The molecule has 4 heterocycles. The third kappa shape index (κ3) is 3.22. The maximum atomic E-state index is 13.1. The van der Waals surface area contributed by atoms with Crippen molar-refractivity contribution in [1.82, 2.24) is 19.5 Å².